The Labute approximate surface area is 71.8 Å². The predicted octanol–water partition coefficient (Wildman–Crippen LogP) is 2.36. The van der Waals surface area contributed by atoms with Crippen LogP contribution in [-0.2, 0) is 6.42 Å². The van der Waals surface area contributed by atoms with Crippen LogP contribution < -0.4 is 0 Å². The molecule has 1 heteroatoms. The zero-order chi connectivity index (χ0) is 8.39. The van der Waals surface area contributed by atoms with Gasteiger partial charge in [0, 0.05) is 18.8 Å². The van der Waals surface area contributed by atoms with Crippen LogP contribution in [0.2, 0.25) is 0 Å². The Morgan fingerprint density at radius 2 is 2.33 bits per heavy atom. The Morgan fingerprint density at radius 1 is 1.42 bits per heavy atom. The van der Waals surface area contributed by atoms with E-state index >= 15 is 0 Å². The lowest BCUT2D eigenvalue weighted by Gasteiger charge is -2.09. The summed E-state index contributed by atoms with van der Waals surface area (Å²) < 4.78 is 0. The highest BCUT2D eigenvalue weighted by atomic mass is 14.6. The number of rotatable bonds is 0. The topological polar surface area (TPSA) is 12.9 Å². The van der Waals surface area contributed by atoms with E-state index in [4.69, 9.17) is 0 Å². The van der Waals surface area contributed by atoms with Crippen LogP contribution in [0.3, 0.4) is 0 Å². The summed E-state index contributed by atoms with van der Waals surface area (Å²) in [6.07, 6.45) is 8.72. The molecule has 0 saturated carbocycles. The smallest absolute Gasteiger partial charge is 0.0343 e. The van der Waals surface area contributed by atoms with Gasteiger partial charge < -0.3 is 0 Å². The summed E-state index contributed by atoms with van der Waals surface area (Å²) in [6, 6.07) is 2.04. The third kappa shape index (κ3) is 1.11. The molecule has 0 spiro atoms. The summed E-state index contributed by atoms with van der Waals surface area (Å²) >= 11 is 0. The molecule has 0 aliphatic heterocycles. The van der Waals surface area contributed by atoms with Crippen molar-refractivity contribution in [2.75, 3.05) is 0 Å². The zero-order valence-corrected chi connectivity index (χ0v) is 6.75. The maximum Gasteiger partial charge on any atom is 0.0343 e. The van der Waals surface area contributed by atoms with Gasteiger partial charge in [0.15, 0.2) is 0 Å². The molecule has 0 aromatic carbocycles. The number of fused-ring (bicyclic) bond motifs is 1. The molecule has 1 aromatic heterocycles. The first-order valence-corrected chi connectivity index (χ1v) is 3.90. The first kappa shape index (κ1) is 7.08. The van der Waals surface area contributed by atoms with Crippen LogP contribution in [0.5, 0.6) is 0 Å². The van der Waals surface area contributed by atoms with Crippen molar-refractivity contribution in [2.24, 2.45) is 0 Å². The molecule has 0 saturated heterocycles. The van der Waals surface area contributed by atoms with Gasteiger partial charge in [0.25, 0.3) is 0 Å². The standard InChI is InChI=1S/C11H9N/c1-2-9-3-4-11-8-12-6-5-10(11)7-9/h3-6,8H,1,7H2. The number of hydrogen-bond donors (Lipinski definition) is 0. The van der Waals surface area contributed by atoms with E-state index in [0.29, 0.717) is 0 Å². The van der Waals surface area contributed by atoms with Gasteiger partial charge in [0.05, 0.1) is 0 Å². The molecule has 0 amide bonds. The van der Waals surface area contributed by atoms with Crippen molar-refractivity contribution in [3.63, 3.8) is 0 Å². The Morgan fingerprint density at radius 3 is 3.17 bits per heavy atom. The van der Waals surface area contributed by atoms with Crippen molar-refractivity contribution in [1.82, 2.24) is 4.98 Å². The molecule has 58 valence electrons. The molecule has 1 aliphatic rings. The third-order valence-electron chi connectivity index (χ3n) is 2.02. The number of nitrogens with zero attached hydrogens (tertiary/aromatic N) is 1. The summed E-state index contributed by atoms with van der Waals surface area (Å²) in [5.74, 6) is 0. The average Bonchev–Trinajstić information content (AvgIpc) is 2.17. The van der Waals surface area contributed by atoms with E-state index in [2.05, 4.69) is 23.4 Å². The van der Waals surface area contributed by atoms with Gasteiger partial charge in [-0.15, -0.1) is 5.73 Å². The van der Waals surface area contributed by atoms with E-state index in [1.807, 2.05) is 24.5 Å². The Kier molecular flexibility index (Phi) is 1.65. The molecule has 1 aromatic rings. The first-order valence-electron chi connectivity index (χ1n) is 3.90. The second-order valence-corrected chi connectivity index (χ2v) is 2.79. The molecular formula is C11H9N. The summed E-state index contributed by atoms with van der Waals surface area (Å²) in [6.45, 7) is 3.63. The molecule has 2 rings (SSSR count). The van der Waals surface area contributed by atoms with Gasteiger partial charge in [-0.1, -0.05) is 18.7 Å². The molecule has 0 atom stereocenters. The van der Waals surface area contributed by atoms with Crippen molar-refractivity contribution in [1.29, 1.82) is 0 Å². The fourth-order valence-electron chi connectivity index (χ4n) is 1.32. The molecule has 0 fully saturated rings. The van der Waals surface area contributed by atoms with Crippen molar-refractivity contribution >= 4 is 6.08 Å². The van der Waals surface area contributed by atoms with Gasteiger partial charge in [-0.3, -0.25) is 4.98 Å². The molecule has 0 radical (unpaired) electrons. The number of hydrogen-bond acceptors (Lipinski definition) is 1. The second kappa shape index (κ2) is 2.80. The van der Waals surface area contributed by atoms with Gasteiger partial charge >= 0.3 is 0 Å². The average molecular weight is 155 g/mol. The van der Waals surface area contributed by atoms with E-state index in [1.54, 1.807) is 0 Å². The summed E-state index contributed by atoms with van der Waals surface area (Å²) in [4.78, 5) is 4.05. The minimum Gasteiger partial charge on any atom is -0.264 e. The highest BCUT2D eigenvalue weighted by molar-refractivity contribution is 5.60. The van der Waals surface area contributed by atoms with Gasteiger partial charge in [-0.25, -0.2) is 0 Å². The molecule has 0 N–H and O–H groups in total. The van der Waals surface area contributed by atoms with Crippen LogP contribution in [0.1, 0.15) is 11.1 Å². The summed E-state index contributed by atoms with van der Waals surface area (Å²) in [5, 5.41) is 0. The molecule has 0 unspecified atom stereocenters. The van der Waals surface area contributed by atoms with E-state index in [0.717, 1.165) is 12.0 Å². The van der Waals surface area contributed by atoms with Crippen LogP contribution in [0.25, 0.3) is 6.08 Å². The van der Waals surface area contributed by atoms with Crippen LogP contribution in [0.15, 0.2) is 42.4 Å². The molecule has 1 aliphatic carbocycles. The van der Waals surface area contributed by atoms with Crippen molar-refractivity contribution in [3.8, 4) is 0 Å². The molecule has 0 bridgehead atoms. The lowest BCUT2D eigenvalue weighted by atomic mass is 9.96. The van der Waals surface area contributed by atoms with Crippen molar-refractivity contribution in [3.05, 3.63) is 53.5 Å². The fourth-order valence-corrected chi connectivity index (χ4v) is 1.32. The summed E-state index contributed by atoms with van der Waals surface area (Å²) in [5.41, 5.74) is 6.56. The lowest BCUT2D eigenvalue weighted by molar-refractivity contribution is 1.14. The summed E-state index contributed by atoms with van der Waals surface area (Å²) in [7, 11) is 0. The zero-order valence-electron chi connectivity index (χ0n) is 6.75. The van der Waals surface area contributed by atoms with Crippen LogP contribution in [0.4, 0.5) is 0 Å². The predicted molar refractivity (Wildman–Crippen MR) is 49.6 cm³/mol. The molecule has 12 heavy (non-hydrogen) atoms. The number of allylic oxidation sites excluding steroid dienone is 2. The molecular weight excluding hydrogens is 146 g/mol. The highest BCUT2D eigenvalue weighted by Crippen LogP contribution is 2.19. The SMILES string of the molecule is C=C=C1C=Cc2cnccc2C1. The van der Waals surface area contributed by atoms with Crippen molar-refractivity contribution < 1.29 is 0 Å². The normalized spacial score (nSPS) is 13.8. The van der Waals surface area contributed by atoms with Crippen LogP contribution in [-0.4, -0.2) is 4.98 Å². The maximum absolute atomic E-state index is 4.05. The third-order valence-corrected chi connectivity index (χ3v) is 2.02. The Balaban J connectivity index is 2.52. The number of pyridine rings is 1. The Hall–Kier alpha value is -1.59. The van der Waals surface area contributed by atoms with Gasteiger partial charge in [-0.2, -0.15) is 0 Å². The lowest BCUT2D eigenvalue weighted by Crippen LogP contribution is -1.96. The second-order valence-electron chi connectivity index (χ2n) is 2.79. The van der Waals surface area contributed by atoms with E-state index < -0.39 is 0 Å². The first-order chi connectivity index (χ1) is 5.90. The van der Waals surface area contributed by atoms with E-state index in [9.17, 15) is 0 Å². The van der Waals surface area contributed by atoms with Gasteiger partial charge in [0.2, 0.25) is 0 Å². The molecule has 1 nitrogen and oxygen atoms in total. The van der Waals surface area contributed by atoms with Crippen LogP contribution >= 0.6 is 0 Å². The highest BCUT2D eigenvalue weighted by Gasteiger charge is 2.05. The minimum atomic E-state index is 0.928. The van der Waals surface area contributed by atoms with E-state index in [-0.39, 0.29) is 0 Å². The van der Waals surface area contributed by atoms with Crippen molar-refractivity contribution in [2.45, 2.75) is 6.42 Å². The monoisotopic (exact) mass is 155 g/mol. The minimum absolute atomic E-state index is 0.928. The van der Waals surface area contributed by atoms with E-state index in [1.165, 1.54) is 11.1 Å². The van der Waals surface area contributed by atoms with Gasteiger partial charge in [-0.05, 0) is 22.8 Å². The largest absolute Gasteiger partial charge is 0.264 e. The van der Waals surface area contributed by atoms with Gasteiger partial charge in [0.1, 0.15) is 0 Å². The fraction of sp³-hybridized carbons (Fsp3) is 0.0909. The Bertz CT molecular complexity index is 382. The maximum atomic E-state index is 4.05. The quantitative estimate of drug-likeness (QED) is 0.524. The number of aromatic nitrogens is 1. The molecule has 1 heterocycles. The van der Waals surface area contributed by atoms with Crippen LogP contribution in [0, 0.1) is 0 Å².